The monoisotopic (exact) mass is 1560 g/mol. The smallest absolute Gasteiger partial charge is 0.415 e. The number of hydrogen-bond acceptors (Lipinski definition) is 23. The SMILES string of the molecule is COCCOCCOCCOCCOc1ccc(C(=O)Nc2ccc3nc(C(=O)N4C[C@@H](CCl)c5c4cc(OC(=O)N(CCOCCOCCO)CCN(C)C(=O)OCc4ccc(NC(=O)[C@H](CCCNC(N)=O)CC(=O)[C@@H](NC(=O)OCCOCCN6C(=O)C=CC6=O)C(C)C)cc4)c4cccc(C)c54)cn3c2)cc1. The van der Waals surface area contributed by atoms with Gasteiger partial charge in [-0.25, -0.2) is 24.2 Å². The number of pyridine rings is 1. The molecule has 34 heteroatoms. The molecule has 0 saturated carbocycles. The Labute approximate surface area is 647 Å². The van der Waals surface area contributed by atoms with Gasteiger partial charge in [-0.15, -0.1) is 11.6 Å². The van der Waals surface area contributed by atoms with E-state index in [0.717, 1.165) is 33.6 Å². The summed E-state index contributed by atoms with van der Waals surface area (Å²) in [5.74, 6) is -3.52. The number of amides is 10. The Morgan fingerprint density at radius 3 is 2.05 bits per heavy atom. The molecule has 6 aromatic rings. The number of nitrogens with two attached hydrogens (primary N) is 1. The van der Waals surface area contributed by atoms with Crippen molar-refractivity contribution in [3.63, 3.8) is 0 Å². The van der Waals surface area contributed by atoms with E-state index in [-0.39, 0.29) is 147 Å². The predicted octanol–water partition coefficient (Wildman–Crippen LogP) is 6.86. The maximum absolute atomic E-state index is 14.8. The first-order valence-corrected chi connectivity index (χ1v) is 37.0. The summed E-state index contributed by atoms with van der Waals surface area (Å²) >= 11 is 6.72. The number of anilines is 3. The van der Waals surface area contributed by atoms with Gasteiger partial charge >= 0.3 is 24.3 Å². The predicted molar refractivity (Wildman–Crippen MR) is 407 cm³/mol. The van der Waals surface area contributed by atoms with E-state index in [9.17, 15) is 53.1 Å². The van der Waals surface area contributed by atoms with Crippen LogP contribution in [-0.2, 0) is 68.4 Å². The minimum atomic E-state index is -1.05. The third kappa shape index (κ3) is 26.7. The molecule has 4 aromatic carbocycles. The number of methoxy groups -OCH3 is 1. The summed E-state index contributed by atoms with van der Waals surface area (Å²) in [5.41, 5.74) is 9.59. The number of benzene rings is 4. The number of primary amides is 1. The lowest BCUT2D eigenvalue weighted by Crippen LogP contribution is -2.46. The third-order valence-electron chi connectivity index (χ3n) is 17.7. The highest BCUT2D eigenvalue weighted by Crippen LogP contribution is 2.47. The first-order valence-electron chi connectivity index (χ1n) is 36.5. The first kappa shape index (κ1) is 86.2. The van der Waals surface area contributed by atoms with Gasteiger partial charge in [-0.2, -0.15) is 0 Å². The Morgan fingerprint density at radius 2 is 1.38 bits per heavy atom. The van der Waals surface area contributed by atoms with Crippen molar-refractivity contribution in [1.82, 2.24) is 34.7 Å². The molecule has 0 fully saturated rings. The quantitative estimate of drug-likeness (QED) is 0.0129. The second kappa shape index (κ2) is 45.1. The number of aromatic nitrogens is 2. The number of urea groups is 1. The summed E-state index contributed by atoms with van der Waals surface area (Å²) in [6.45, 7) is 8.90. The molecule has 0 radical (unpaired) electrons. The van der Waals surface area contributed by atoms with Gasteiger partial charge < -0.3 is 103 Å². The summed E-state index contributed by atoms with van der Waals surface area (Å²) in [6, 6.07) is 21.9. The number of carbonyl (C=O) groups is 10. The number of hydrogen-bond donors (Lipinski definition) is 6. The second-order valence-electron chi connectivity index (χ2n) is 26.1. The van der Waals surface area contributed by atoms with Gasteiger partial charge in [0.05, 0.1) is 116 Å². The molecule has 2 aromatic heterocycles. The Balaban J connectivity index is 0.859. The number of rotatable bonds is 48. The number of aliphatic hydroxyl groups is 1. The van der Waals surface area contributed by atoms with Gasteiger partial charge in [0.1, 0.15) is 42.7 Å². The van der Waals surface area contributed by atoms with E-state index in [0.29, 0.717) is 97.8 Å². The molecule has 600 valence electrons. The number of alkyl halides is 1. The number of aryl methyl sites for hydroxylation is 1. The molecular weight excluding hydrogens is 1470 g/mol. The number of ether oxygens (including phenoxy) is 11. The Morgan fingerprint density at radius 1 is 0.721 bits per heavy atom. The molecule has 0 unspecified atom stereocenters. The summed E-state index contributed by atoms with van der Waals surface area (Å²) < 4.78 is 62.6. The maximum Gasteiger partial charge on any atom is 0.415 e. The van der Waals surface area contributed by atoms with Gasteiger partial charge in [0.25, 0.3) is 23.6 Å². The molecule has 2 aliphatic rings. The van der Waals surface area contributed by atoms with Crippen LogP contribution in [0.25, 0.3) is 16.4 Å². The molecule has 10 amide bonds. The van der Waals surface area contributed by atoms with Crippen molar-refractivity contribution < 1.29 is 105 Å². The van der Waals surface area contributed by atoms with Crippen LogP contribution in [0.1, 0.15) is 76.6 Å². The Kier molecular flexibility index (Phi) is 35.0. The van der Waals surface area contributed by atoms with Crippen LogP contribution in [-0.4, -0.2) is 260 Å². The average molecular weight is 1570 g/mol. The lowest BCUT2D eigenvalue weighted by Gasteiger charge is -2.26. The fourth-order valence-corrected chi connectivity index (χ4v) is 12.2. The highest BCUT2D eigenvalue weighted by Gasteiger charge is 2.38. The number of aliphatic hydroxyl groups excluding tert-OH is 1. The third-order valence-corrected chi connectivity index (χ3v) is 18.1. The number of alkyl carbamates (subject to hydrolysis) is 1. The lowest BCUT2D eigenvalue weighted by atomic mass is 9.89. The average Bonchev–Trinajstić information content (AvgIpc) is 1.61. The van der Waals surface area contributed by atoms with Crippen molar-refractivity contribution in [2.75, 3.05) is 181 Å². The zero-order chi connectivity index (χ0) is 79.6. The van der Waals surface area contributed by atoms with Crippen LogP contribution in [0.3, 0.4) is 0 Å². The van der Waals surface area contributed by atoms with Gasteiger partial charge in [-0.1, -0.05) is 44.2 Å². The van der Waals surface area contributed by atoms with E-state index >= 15 is 0 Å². The van der Waals surface area contributed by atoms with Crippen LogP contribution in [0.5, 0.6) is 11.5 Å². The van der Waals surface area contributed by atoms with Gasteiger partial charge in [-0.05, 0) is 96.3 Å². The minimum Gasteiger partial charge on any atom is -0.491 e. The summed E-state index contributed by atoms with van der Waals surface area (Å²) in [6.07, 6.45) is 3.25. The molecule has 3 atom stereocenters. The van der Waals surface area contributed by atoms with Crippen molar-refractivity contribution in [2.45, 2.75) is 58.6 Å². The zero-order valence-corrected chi connectivity index (χ0v) is 63.7. The topological polar surface area (TPSA) is 397 Å². The van der Waals surface area contributed by atoms with Gasteiger partial charge in [0.2, 0.25) is 5.91 Å². The number of carbonyl (C=O) groups excluding carboxylic acids is 10. The normalized spacial score (nSPS) is 13.6. The van der Waals surface area contributed by atoms with Crippen LogP contribution in [0.15, 0.2) is 109 Å². The number of halogens is 1. The number of nitrogens with zero attached hydrogens (tertiary/aromatic N) is 6. The summed E-state index contributed by atoms with van der Waals surface area (Å²) in [4.78, 5) is 142. The molecule has 0 saturated heterocycles. The van der Waals surface area contributed by atoms with E-state index in [1.54, 1.807) is 109 Å². The molecule has 8 rings (SSSR count). The van der Waals surface area contributed by atoms with E-state index in [2.05, 4.69) is 26.3 Å². The number of fused-ring (bicyclic) bond motifs is 4. The number of likely N-dealkylation sites (N-methyl/N-ethyl adjacent to an activating group) is 1. The van der Waals surface area contributed by atoms with Crippen LogP contribution >= 0.6 is 11.6 Å². The highest BCUT2D eigenvalue weighted by molar-refractivity contribution is 6.19. The molecule has 0 spiro atoms. The van der Waals surface area contributed by atoms with E-state index in [1.165, 1.54) is 16.8 Å². The fourth-order valence-electron chi connectivity index (χ4n) is 11.9. The molecule has 4 heterocycles. The van der Waals surface area contributed by atoms with Gasteiger partial charge in [-0.3, -0.25) is 33.7 Å². The second-order valence-corrected chi connectivity index (χ2v) is 26.4. The standard InChI is InChI=1S/C77H98ClN11O22/c1-51(2)70(84-75(98)109-43-41-103-30-27-88-66(92)21-22-67(88)93)63(91)44-55(9-7-23-80-74(79)97)72(95)81-57-15-11-53(12-16-57)50-110-76(99)85(4)24-25-86(26-29-102-34-35-104-31-28-90)77(100)111-64-45-62-69(68-52(3)8-6-10-60(64)68)56(46-78)47-89(62)73(96)61-49-87-48-58(17-20-65(87)83-61)82-71(94)54-13-18-59(19-14-54)108-42-40-107-39-38-106-37-36-105-33-32-101-5/h6,8,10-22,45,48-49,51,55-56,70,90H,7,9,23-44,46-47,50H2,1-5H3,(H,81,95)(H,82,94)(H,84,98)(H3,79,80,97)/t55-,56-,70+/m1/s1. The van der Waals surface area contributed by atoms with E-state index in [1.807, 2.05) is 25.1 Å². The van der Waals surface area contributed by atoms with Crippen molar-refractivity contribution in [3.8, 4) is 11.5 Å². The van der Waals surface area contributed by atoms with Crippen LogP contribution < -0.4 is 41.4 Å². The number of Topliss-reactive ketones (excluding diaryl/α,β-unsaturated/α-hetero) is 1. The zero-order valence-electron chi connectivity index (χ0n) is 63.0. The van der Waals surface area contributed by atoms with E-state index < -0.39 is 71.6 Å². The summed E-state index contributed by atoms with van der Waals surface area (Å²) in [7, 11) is 3.11. The van der Waals surface area contributed by atoms with Gasteiger partial charge in [0.15, 0.2) is 5.78 Å². The largest absolute Gasteiger partial charge is 0.491 e. The molecule has 33 nitrogen and oxygen atoms in total. The van der Waals surface area contributed by atoms with Crippen molar-refractivity contribution in [1.29, 1.82) is 0 Å². The molecule has 2 aliphatic heterocycles. The Bertz CT molecular complexity index is 4130. The minimum absolute atomic E-state index is 0.00111. The van der Waals surface area contributed by atoms with Gasteiger partial charge in [0, 0.05) is 118 Å². The first-order chi connectivity index (χ1) is 53.7. The molecule has 0 bridgehead atoms. The van der Waals surface area contributed by atoms with Crippen LogP contribution in [0.2, 0.25) is 0 Å². The van der Waals surface area contributed by atoms with E-state index in [4.69, 9.17) is 69.4 Å². The summed E-state index contributed by atoms with van der Waals surface area (Å²) in [5, 5.41) is 21.3. The molecule has 0 aliphatic carbocycles. The number of imidazole rings is 1. The number of imide groups is 1. The van der Waals surface area contributed by atoms with Crippen LogP contribution in [0.4, 0.5) is 36.2 Å². The lowest BCUT2D eigenvalue weighted by molar-refractivity contribution is -0.137. The Hall–Kier alpha value is -10.4. The van der Waals surface area contributed by atoms with Crippen LogP contribution in [0, 0.1) is 18.8 Å². The van der Waals surface area contributed by atoms with Crippen molar-refractivity contribution in [3.05, 3.63) is 137 Å². The molecule has 7 N–H and O–H groups in total. The fraction of sp³-hybridized carbons (Fsp3) is 0.468. The number of ketones is 1. The number of nitrogens with one attached hydrogen (secondary N) is 4. The highest BCUT2D eigenvalue weighted by atomic mass is 35.5. The van der Waals surface area contributed by atoms with Crippen molar-refractivity contribution >= 4 is 105 Å². The molecular formula is C77H98ClN11O22. The molecule has 111 heavy (non-hydrogen) atoms. The maximum atomic E-state index is 14.8. The van der Waals surface area contributed by atoms with Crippen molar-refractivity contribution in [2.24, 2.45) is 17.6 Å².